The molecule has 1 aromatic heterocycles. The molecule has 0 bridgehead atoms. The maximum Gasteiger partial charge on any atom is 0.165 e. The molecule has 1 atom stereocenters. The quantitative estimate of drug-likeness (QED) is 0.818. The van der Waals surface area contributed by atoms with Crippen molar-refractivity contribution < 1.29 is 13.5 Å². The molecule has 3 rings (SSSR count). The van der Waals surface area contributed by atoms with Crippen molar-refractivity contribution >= 4 is 0 Å². The van der Waals surface area contributed by atoms with Crippen molar-refractivity contribution in [2.45, 2.75) is 45.3 Å². The number of rotatable bonds is 7. The summed E-state index contributed by atoms with van der Waals surface area (Å²) in [4.78, 5) is 2.41. The summed E-state index contributed by atoms with van der Waals surface area (Å²) < 4.78 is 24.7. The van der Waals surface area contributed by atoms with Crippen LogP contribution in [0.3, 0.4) is 0 Å². The Kier molecular flexibility index (Phi) is 6.10. The molecule has 1 fully saturated rings. The molecule has 2 heterocycles. The van der Waals surface area contributed by atoms with E-state index in [1.54, 1.807) is 18.4 Å². The van der Waals surface area contributed by atoms with Gasteiger partial charge in [-0.15, -0.1) is 0 Å². The zero-order valence-electron chi connectivity index (χ0n) is 15.0. The van der Waals surface area contributed by atoms with Gasteiger partial charge in [-0.2, -0.15) is 0 Å². The lowest BCUT2D eigenvalue weighted by atomic mass is 10.0. The smallest absolute Gasteiger partial charge is 0.165 e. The third kappa shape index (κ3) is 4.83. The molecule has 4 nitrogen and oxygen atoms in total. The average molecular weight is 346 g/mol. The van der Waals surface area contributed by atoms with E-state index >= 15 is 0 Å². The van der Waals surface area contributed by atoms with Crippen molar-refractivity contribution in [3.05, 3.63) is 53.7 Å². The Labute approximate surface area is 149 Å². The first-order valence-electron chi connectivity index (χ1n) is 9.08. The van der Waals surface area contributed by atoms with Crippen LogP contribution in [-0.2, 0) is 6.54 Å². The second-order valence-corrected chi connectivity index (χ2v) is 6.64. The van der Waals surface area contributed by atoms with Gasteiger partial charge in [-0.3, -0.25) is 4.90 Å². The Hall–Kier alpha value is -1.85. The van der Waals surface area contributed by atoms with Crippen LogP contribution in [0.4, 0.5) is 4.39 Å². The number of ether oxygens (including phenoxy) is 1. The molecule has 5 heteroatoms. The number of hydrogen-bond donors (Lipinski definition) is 1. The van der Waals surface area contributed by atoms with E-state index in [1.165, 1.54) is 0 Å². The highest BCUT2D eigenvalue weighted by molar-refractivity contribution is 5.31. The largest absolute Gasteiger partial charge is 0.491 e. The van der Waals surface area contributed by atoms with E-state index < -0.39 is 0 Å². The van der Waals surface area contributed by atoms with Crippen LogP contribution in [0.15, 0.2) is 41.0 Å². The zero-order chi connectivity index (χ0) is 17.6. The van der Waals surface area contributed by atoms with Crippen molar-refractivity contribution in [3.63, 3.8) is 0 Å². The summed E-state index contributed by atoms with van der Waals surface area (Å²) in [5.41, 5.74) is 0.957. The number of furan rings is 1. The van der Waals surface area contributed by atoms with Gasteiger partial charge < -0.3 is 14.5 Å². The fourth-order valence-corrected chi connectivity index (χ4v) is 3.39. The molecule has 1 saturated heterocycles. The summed E-state index contributed by atoms with van der Waals surface area (Å²) in [7, 11) is 0. The van der Waals surface area contributed by atoms with Crippen LogP contribution in [0.25, 0.3) is 0 Å². The summed E-state index contributed by atoms with van der Waals surface area (Å²) >= 11 is 0. The standard InChI is InChI=1S/C20H27FN2O2/c1-3-24-20-7-6-16(13-19(20)21)15(2)22-17-8-10-23(11-9-17)14-18-5-4-12-25-18/h4-7,12-13,15,17,22H,3,8-11,14H2,1-2H3. The topological polar surface area (TPSA) is 37.6 Å². The van der Waals surface area contributed by atoms with Crippen molar-refractivity contribution in [1.82, 2.24) is 10.2 Å². The fraction of sp³-hybridized carbons (Fsp3) is 0.500. The van der Waals surface area contributed by atoms with E-state index in [0.717, 1.165) is 43.8 Å². The van der Waals surface area contributed by atoms with Gasteiger partial charge in [0.05, 0.1) is 19.4 Å². The van der Waals surface area contributed by atoms with Crippen LogP contribution >= 0.6 is 0 Å². The van der Waals surface area contributed by atoms with E-state index in [4.69, 9.17) is 9.15 Å². The Morgan fingerprint density at radius 2 is 2.12 bits per heavy atom. The fourth-order valence-electron chi connectivity index (χ4n) is 3.39. The summed E-state index contributed by atoms with van der Waals surface area (Å²) in [5, 5.41) is 3.64. The van der Waals surface area contributed by atoms with Gasteiger partial charge in [0.25, 0.3) is 0 Å². The van der Waals surface area contributed by atoms with Gasteiger partial charge >= 0.3 is 0 Å². The number of nitrogens with one attached hydrogen (secondary N) is 1. The molecule has 2 aromatic rings. The highest BCUT2D eigenvalue weighted by Crippen LogP contribution is 2.24. The number of piperidine rings is 1. The lowest BCUT2D eigenvalue weighted by Crippen LogP contribution is -2.42. The van der Waals surface area contributed by atoms with Gasteiger partial charge in [-0.05, 0) is 56.5 Å². The van der Waals surface area contributed by atoms with Gasteiger partial charge in [0.1, 0.15) is 5.76 Å². The van der Waals surface area contributed by atoms with Crippen LogP contribution in [-0.4, -0.2) is 30.6 Å². The number of nitrogens with zero attached hydrogens (tertiary/aromatic N) is 1. The molecule has 0 spiro atoms. The Morgan fingerprint density at radius 3 is 2.76 bits per heavy atom. The van der Waals surface area contributed by atoms with Gasteiger partial charge in [0.2, 0.25) is 0 Å². The minimum absolute atomic E-state index is 0.117. The summed E-state index contributed by atoms with van der Waals surface area (Å²) in [6.45, 7) is 7.38. The molecule has 1 unspecified atom stereocenters. The van der Waals surface area contributed by atoms with Gasteiger partial charge in [0.15, 0.2) is 11.6 Å². The van der Waals surface area contributed by atoms with Crippen molar-refractivity contribution in [2.75, 3.05) is 19.7 Å². The molecule has 0 radical (unpaired) electrons. The molecular formula is C20H27FN2O2. The molecule has 0 saturated carbocycles. The molecule has 1 aliphatic heterocycles. The zero-order valence-corrected chi connectivity index (χ0v) is 15.0. The lowest BCUT2D eigenvalue weighted by molar-refractivity contribution is 0.174. The predicted octanol–water partition coefficient (Wildman–Crippen LogP) is 4.13. The van der Waals surface area contributed by atoms with Gasteiger partial charge in [-0.1, -0.05) is 6.07 Å². The normalized spacial score (nSPS) is 17.6. The maximum atomic E-state index is 14.0. The van der Waals surface area contributed by atoms with Crippen molar-refractivity contribution in [1.29, 1.82) is 0 Å². The van der Waals surface area contributed by atoms with Crippen molar-refractivity contribution in [3.8, 4) is 5.75 Å². The maximum absolute atomic E-state index is 14.0. The third-order valence-corrected chi connectivity index (χ3v) is 4.79. The predicted molar refractivity (Wildman–Crippen MR) is 96.1 cm³/mol. The Morgan fingerprint density at radius 1 is 1.32 bits per heavy atom. The lowest BCUT2D eigenvalue weighted by Gasteiger charge is -2.33. The molecule has 0 aliphatic carbocycles. The van der Waals surface area contributed by atoms with Crippen LogP contribution in [0.2, 0.25) is 0 Å². The number of halogens is 1. The second-order valence-electron chi connectivity index (χ2n) is 6.64. The van der Waals surface area contributed by atoms with Crippen LogP contribution in [0.1, 0.15) is 44.1 Å². The van der Waals surface area contributed by atoms with E-state index in [2.05, 4.69) is 17.1 Å². The molecule has 136 valence electrons. The third-order valence-electron chi connectivity index (χ3n) is 4.79. The molecule has 25 heavy (non-hydrogen) atoms. The summed E-state index contributed by atoms with van der Waals surface area (Å²) in [5.74, 6) is 1.05. The first-order chi connectivity index (χ1) is 12.2. The Bertz CT molecular complexity index is 652. The first-order valence-corrected chi connectivity index (χ1v) is 9.08. The number of hydrogen-bond acceptors (Lipinski definition) is 4. The SMILES string of the molecule is CCOc1ccc(C(C)NC2CCN(Cc3ccco3)CC2)cc1F. The molecule has 0 amide bonds. The number of likely N-dealkylation sites (tertiary alicyclic amines) is 1. The highest BCUT2D eigenvalue weighted by Gasteiger charge is 2.21. The van der Waals surface area contributed by atoms with Crippen LogP contribution in [0.5, 0.6) is 5.75 Å². The molecule has 1 aliphatic rings. The second kappa shape index (κ2) is 8.50. The van der Waals surface area contributed by atoms with E-state index in [9.17, 15) is 4.39 Å². The molecular weight excluding hydrogens is 319 g/mol. The highest BCUT2D eigenvalue weighted by atomic mass is 19.1. The monoisotopic (exact) mass is 346 g/mol. The first kappa shape index (κ1) is 18.0. The molecule has 1 aromatic carbocycles. The minimum atomic E-state index is -0.290. The molecule has 1 N–H and O–H groups in total. The Balaban J connectivity index is 1.49. The van der Waals surface area contributed by atoms with E-state index in [-0.39, 0.29) is 11.9 Å². The summed E-state index contributed by atoms with van der Waals surface area (Å²) in [6, 6.07) is 9.77. The van der Waals surface area contributed by atoms with Crippen LogP contribution < -0.4 is 10.1 Å². The van der Waals surface area contributed by atoms with Crippen LogP contribution in [0, 0.1) is 5.82 Å². The van der Waals surface area contributed by atoms with Gasteiger partial charge in [0, 0.05) is 25.2 Å². The van der Waals surface area contributed by atoms with E-state index in [0.29, 0.717) is 18.4 Å². The minimum Gasteiger partial charge on any atom is -0.491 e. The van der Waals surface area contributed by atoms with Crippen molar-refractivity contribution in [2.24, 2.45) is 0 Å². The summed E-state index contributed by atoms with van der Waals surface area (Å²) in [6.07, 6.45) is 3.90. The van der Waals surface area contributed by atoms with Gasteiger partial charge in [-0.25, -0.2) is 4.39 Å². The number of benzene rings is 1. The van der Waals surface area contributed by atoms with E-state index in [1.807, 2.05) is 25.1 Å². The average Bonchev–Trinajstić information content (AvgIpc) is 3.11.